The third-order valence-electron chi connectivity index (χ3n) is 7.11. The number of pyridine rings is 2. The van der Waals surface area contributed by atoms with Crippen LogP contribution in [0, 0.1) is 0 Å². The van der Waals surface area contributed by atoms with E-state index in [4.69, 9.17) is 4.98 Å². The van der Waals surface area contributed by atoms with Gasteiger partial charge in [0.25, 0.3) is 11.5 Å². The molecule has 178 valence electrons. The Balaban J connectivity index is 1.71. The van der Waals surface area contributed by atoms with Crippen LogP contribution < -0.4 is 10.9 Å². The van der Waals surface area contributed by atoms with Crippen LogP contribution in [0.4, 0.5) is 0 Å². The predicted molar refractivity (Wildman–Crippen MR) is 133 cm³/mol. The molecule has 0 aliphatic carbocycles. The summed E-state index contributed by atoms with van der Waals surface area (Å²) < 4.78 is 1.75. The highest BCUT2D eigenvalue weighted by atomic mass is 16.3. The monoisotopic (exact) mass is 460 g/mol. The maximum absolute atomic E-state index is 13.9. The Kier molecular flexibility index (Phi) is 5.78. The fourth-order valence-electron chi connectivity index (χ4n) is 5.26. The van der Waals surface area contributed by atoms with Crippen molar-refractivity contribution in [1.29, 1.82) is 0 Å². The van der Waals surface area contributed by atoms with Crippen molar-refractivity contribution in [2.24, 2.45) is 0 Å². The van der Waals surface area contributed by atoms with E-state index in [1.165, 1.54) is 0 Å². The first kappa shape index (κ1) is 22.7. The second-order valence-corrected chi connectivity index (χ2v) is 9.83. The summed E-state index contributed by atoms with van der Waals surface area (Å²) in [6, 6.07) is 11.7. The lowest BCUT2D eigenvalue weighted by Gasteiger charge is -2.30. The van der Waals surface area contributed by atoms with E-state index in [2.05, 4.69) is 16.3 Å². The SMILES string of the molecule is CC[C@@](O)(C(=O)NC(C)C)c1cc2n(c(=O)c1CN1CCCC1)Cc1cc3ccccc3nc1-2. The minimum atomic E-state index is -1.80. The fourth-order valence-corrected chi connectivity index (χ4v) is 5.26. The zero-order chi connectivity index (χ0) is 24.0. The number of hydrogen-bond donors (Lipinski definition) is 2. The van der Waals surface area contributed by atoms with E-state index in [-0.39, 0.29) is 18.0 Å². The molecule has 0 saturated carbocycles. The summed E-state index contributed by atoms with van der Waals surface area (Å²) in [6.07, 6.45) is 2.35. The topological polar surface area (TPSA) is 87.5 Å². The Morgan fingerprint density at radius 2 is 1.94 bits per heavy atom. The van der Waals surface area contributed by atoms with Crippen molar-refractivity contribution in [2.45, 2.75) is 64.8 Å². The van der Waals surface area contributed by atoms with E-state index in [0.29, 0.717) is 29.9 Å². The number of carbonyl (C=O) groups excluding carboxylic acids is 1. The van der Waals surface area contributed by atoms with Crippen LogP contribution in [0.15, 0.2) is 41.2 Å². The molecule has 0 bridgehead atoms. The molecule has 1 fully saturated rings. The number of para-hydroxylation sites is 1. The molecule has 2 aliphatic rings. The summed E-state index contributed by atoms with van der Waals surface area (Å²) in [5.41, 5.74) is 2.20. The average Bonchev–Trinajstić information content (AvgIpc) is 3.46. The second-order valence-electron chi connectivity index (χ2n) is 9.83. The van der Waals surface area contributed by atoms with Crippen LogP contribution in [0.25, 0.3) is 22.3 Å². The molecule has 0 unspecified atom stereocenters. The molecular weight excluding hydrogens is 428 g/mol. The molecule has 7 nitrogen and oxygen atoms in total. The van der Waals surface area contributed by atoms with Crippen molar-refractivity contribution in [3.63, 3.8) is 0 Å². The lowest BCUT2D eigenvalue weighted by Crippen LogP contribution is -2.48. The quantitative estimate of drug-likeness (QED) is 0.462. The third kappa shape index (κ3) is 3.73. The molecule has 2 aliphatic heterocycles. The molecule has 2 aromatic heterocycles. The van der Waals surface area contributed by atoms with Gasteiger partial charge in [-0.15, -0.1) is 0 Å². The number of carbonyl (C=O) groups is 1. The lowest BCUT2D eigenvalue weighted by molar-refractivity contribution is -0.142. The summed E-state index contributed by atoms with van der Waals surface area (Å²) >= 11 is 0. The maximum atomic E-state index is 13.9. The van der Waals surface area contributed by atoms with Gasteiger partial charge in [0.2, 0.25) is 0 Å². The van der Waals surface area contributed by atoms with E-state index >= 15 is 0 Å². The van der Waals surface area contributed by atoms with Gasteiger partial charge in [0.1, 0.15) is 0 Å². The number of benzene rings is 1. The van der Waals surface area contributed by atoms with Crippen LogP contribution in [-0.4, -0.2) is 44.6 Å². The van der Waals surface area contributed by atoms with Crippen LogP contribution in [0.3, 0.4) is 0 Å². The average molecular weight is 461 g/mol. The minimum absolute atomic E-state index is 0.128. The first-order chi connectivity index (χ1) is 16.3. The molecule has 4 heterocycles. The summed E-state index contributed by atoms with van der Waals surface area (Å²) in [7, 11) is 0. The molecule has 34 heavy (non-hydrogen) atoms. The van der Waals surface area contributed by atoms with E-state index < -0.39 is 11.5 Å². The minimum Gasteiger partial charge on any atom is -0.375 e. The molecular formula is C27H32N4O3. The predicted octanol–water partition coefficient (Wildman–Crippen LogP) is 3.14. The molecule has 0 spiro atoms. The zero-order valence-electron chi connectivity index (χ0n) is 20.1. The number of nitrogens with one attached hydrogen (secondary N) is 1. The van der Waals surface area contributed by atoms with Crippen LogP contribution in [0.1, 0.15) is 56.7 Å². The van der Waals surface area contributed by atoms with Gasteiger partial charge in [-0.25, -0.2) is 4.98 Å². The number of rotatable bonds is 6. The van der Waals surface area contributed by atoms with E-state index in [1.807, 2.05) is 44.2 Å². The number of likely N-dealkylation sites (tertiary alicyclic amines) is 1. The largest absolute Gasteiger partial charge is 0.375 e. The van der Waals surface area contributed by atoms with Gasteiger partial charge in [-0.1, -0.05) is 25.1 Å². The van der Waals surface area contributed by atoms with E-state index in [9.17, 15) is 14.7 Å². The van der Waals surface area contributed by atoms with Gasteiger partial charge in [-0.05, 0) is 64.4 Å². The van der Waals surface area contributed by atoms with Crippen LogP contribution in [0.5, 0.6) is 0 Å². The van der Waals surface area contributed by atoms with Gasteiger partial charge in [0.05, 0.1) is 23.4 Å². The highest BCUT2D eigenvalue weighted by Gasteiger charge is 2.41. The van der Waals surface area contributed by atoms with Gasteiger partial charge in [0.15, 0.2) is 5.60 Å². The molecule has 1 saturated heterocycles. The van der Waals surface area contributed by atoms with Gasteiger partial charge < -0.3 is 15.0 Å². The normalized spacial score (nSPS) is 17.1. The van der Waals surface area contributed by atoms with Gasteiger partial charge >= 0.3 is 0 Å². The molecule has 0 radical (unpaired) electrons. The Hall–Kier alpha value is -3.03. The highest BCUT2D eigenvalue weighted by molar-refractivity contribution is 5.88. The number of aromatic nitrogens is 2. The summed E-state index contributed by atoms with van der Waals surface area (Å²) in [6.45, 7) is 8.20. The Bertz CT molecular complexity index is 1320. The van der Waals surface area contributed by atoms with Crippen molar-refractivity contribution in [3.8, 4) is 11.4 Å². The number of aliphatic hydroxyl groups is 1. The third-order valence-corrected chi connectivity index (χ3v) is 7.11. The molecule has 5 rings (SSSR count). The van der Waals surface area contributed by atoms with Crippen molar-refractivity contribution < 1.29 is 9.90 Å². The lowest BCUT2D eigenvalue weighted by atomic mass is 9.86. The molecule has 7 heteroatoms. The zero-order valence-corrected chi connectivity index (χ0v) is 20.1. The summed E-state index contributed by atoms with van der Waals surface area (Å²) in [4.78, 5) is 34.2. The van der Waals surface area contributed by atoms with Gasteiger partial charge in [-0.2, -0.15) is 0 Å². The van der Waals surface area contributed by atoms with Crippen molar-refractivity contribution in [2.75, 3.05) is 13.1 Å². The van der Waals surface area contributed by atoms with Crippen molar-refractivity contribution in [3.05, 3.63) is 63.4 Å². The molecule has 1 aromatic carbocycles. The number of amides is 1. The Labute approximate surface area is 199 Å². The van der Waals surface area contributed by atoms with Crippen molar-refractivity contribution in [1.82, 2.24) is 19.8 Å². The Morgan fingerprint density at radius 1 is 1.21 bits per heavy atom. The molecule has 1 amide bonds. The highest BCUT2D eigenvalue weighted by Crippen LogP contribution is 2.36. The standard InChI is InChI=1S/C27H32N4O3/c1-4-27(34,26(33)28-17(2)3)21-14-23-24-19(13-18-9-5-6-10-22(18)29-24)15-31(23)25(32)20(21)16-30-11-7-8-12-30/h5-6,9-10,13-14,17,34H,4,7-8,11-12,15-16H2,1-3H3,(H,28,33)/t27-/m0/s1. The first-order valence-electron chi connectivity index (χ1n) is 12.2. The van der Waals surface area contributed by atoms with Crippen LogP contribution >= 0.6 is 0 Å². The van der Waals surface area contributed by atoms with E-state index in [0.717, 1.165) is 48.1 Å². The molecule has 3 aromatic rings. The molecule has 1 atom stereocenters. The van der Waals surface area contributed by atoms with Gasteiger partial charge in [-0.3, -0.25) is 14.5 Å². The summed E-state index contributed by atoms with van der Waals surface area (Å²) in [5, 5.41) is 15.6. The van der Waals surface area contributed by atoms with E-state index in [1.54, 1.807) is 11.5 Å². The first-order valence-corrected chi connectivity index (χ1v) is 12.2. The number of hydrogen-bond acceptors (Lipinski definition) is 5. The Morgan fingerprint density at radius 3 is 2.65 bits per heavy atom. The van der Waals surface area contributed by atoms with Crippen LogP contribution in [0.2, 0.25) is 0 Å². The summed E-state index contributed by atoms with van der Waals surface area (Å²) in [5.74, 6) is -0.471. The fraction of sp³-hybridized carbons (Fsp3) is 0.444. The van der Waals surface area contributed by atoms with Crippen molar-refractivity contribution >= 4 is 16.8 Å². The number of fused-ring (bicyclic) bond motifs is 4. The maximum Gasteiger partial charge on any atom is 0.256 e. The smallest absolute Gasteiger partial charge is 0.256 e. The van der Waals surface area contributed by atoms with Crippen LogP contribution in [-0.2, 0) is 23.5 Å². The van der Waals surface area contributed by atoms with Gasteiger partial charge in [0, 0.05) is 34.7 Å². The second kappa shape index (κ2) is 8.64. The molecule has 2 N–H and O–H groups in total. The number of nitrogens with zero attached hydrogens (tertiary/aromatic N) is 3.